The van der Waals surface area contributed by atoms with Crippen molar-refractivity contribution >= 4 is 11.8 Å². The summed E-state index contributed by atoms with van der Waals surface area (Å²) < 4.78 is 5.93. The maximum atomic E-state index is 13.2. The van der Waals surface area contributed by atoms with Gasteiger partial charge in [-0.1, -0.05) is 50.2 Å². The molecular weight excluding hydrogens is 388 g/mol. The van der Waals surface area contributed by atoms with Gasteiger partial charge in [-0.25, -0.2) is 0 Å². The summed E-state index contributed by atoms with van der Waals surface area (Å²) in [6.07, 6.45) is 2.10. The zero-order valence-corrected chi connectivity index (χ0v) is 19.5. The molecule has 5 nitrogen and oxygen atoms in total. The third-order valence-corrected chi connectivity index (χ3v) is 5.53. The largest absolute Gasteiger partial charge is 0.483 e. The van der Waals surface area contributed by atoms with Crippen LogP contribution in [0.5, 0.6) is 5.75 Å². The first-order chi connectivity index (χ1) is 14.9. The summed E-state index contributed by atoms with van der Waals surface area (Å²) in [5, 5.41) is 2.94. The number of rotatable bonds is 11. The van der Waals surface area contributed by atoms with Gasteiger partial charge in [-0.2, -0.15) is 0 Å². The number of hydrogen-bond acceptors (Lipinski definition) is 3. The van der Waals surface area contributed by atoms with E-state index in [0.29, 0.717) is 25.9 Å². The van der Waals surface area contributed by atoms with Crippen LogP contribution in [-0.2, 0) is 16.0 Å². The molecule has 0 fully saturated rings. The maximum absolute atomic E-state index is 13.2. The van der Waals surface area contributed by atoms with Crippen LogP contribution >= 0.6 is 0 Å². The van der Waals surface area contributed by atoms with Crippen LogP contribution in [0.25, 0.3) is 0 Å². The molecule has 2 rings (SSSR count). The summed E-state index contributed by atoms with van der Waals surface area (Å²) in [5.41, 5.74) is 4.39. The van der Waals surface area contributed by atoms with E-state index in [-0.39, 0.29) is 18.4 Å². The summed E-state index contributed by atoms with van der Waals surface area (Å²) in [5.74, 6) is 0.443. The average molecular weight is 425 g/mol. The monoisotopic (exact) mass is 424 g/mol. The van der Waals surface area contributed by atoms with Crippen LogP contribution in [0.4, 0.5) is 0 Å². The van der Waals surface area contributed by atoms with Gasteiger partial charge in [0.1, 0.15) is 11.8 Å². The van der Waals surface area contributed by atoms with E-state index in [2.05, 4.69) is 11.4 Å². The highest BCUT2D eigenvalue weighted by Gasteiger charge is 2.28. The van der Waals surface area contributed by atoms with Crippen molar-refractivity contribution in [2.75, 3.05) is 19.7 Å². The Balaban J connectivity index is 2.17. The smallest absolute Gasteiger partial charge is 0.261 e. The zero-order chi connectivity index (χ0) is 22.8. The highest BCUT2D eigenvalue weighted by atomic mass is 16.5. The fourth-order valence-electron chi connectivity index (χ4n) is 3.64. The molecule has 31 heavy (non-hydrogen) atoms. The highest BCUT2D eigenvalue weighted by Crippen LogP contribution is 2.23. The molecule has 2 aromatic rings. The minimum Gasteiger partial charge on any atom is -0.483 e. The standard InChI is InChI=1S/C26H36N2O3/c1-6-14-27-26(30)23(7-2)28(15-13-22-11-9-8-10-12-22)25(29)18-31-24-17-19(3)16-20(4)21(24)5/h8-12,16-17,23H,6-7,13-15,18H2,1-5H3,(H,27,30)/t23-/m0/s1. The Morgan fingerprint density at radius 1 is 1.06 bits per heavy atom. The lowest BCUT2D eigenvalue weighted by molar-refractivity contribution is -0.142. The molecule has 0 heterocycles. The van der Waals surface area contributed by atoms with E-state index in [1.807, 2.05) is 71.0 Å². The number of carbonyl (C=O) groups is 2. The van der Waals surface area contributed by atoms with Crippen molar-refractivity contribution in [1.29, 1.82) is 0 Å². The Hall–Kier alpha value is -2.82. The molecule has 0 aliphatic carbocycles. The van der Waals surface area contributed by atoms with E-state index in [9.17, 15) is 9.59 Å². The summed E-state index contributed by atoms with van der Waals surface area (Å²) in [6.45, 7) is 11.0. The highest BCUT2D eigenvalue weighted by molar-refractivity contribution is 5.88. The van der Waals surface area contributed by atoms with Gasteiger partial charge in [0, 0.05) is 13.1 Å². The topological polar surface area (TPSA) is 58.6 Å². The van der Waals surface area contributed by atoms with Gasteiger partial charge in [-0.15, -0.1) is 0 Å². The van der Waals surface area contributed by atoms with Gasteiger partial charge in [-0.3, -0.25) is 9.59 Å². The Morgan fingerprint density at radius 2 is 1.77 bits per heavy atom. The van der Waals surface area contributed by atoms with Crippen molar-refractivity contribution in [3.05, 3.63) is 64.7 Å². The number of aryl methyl sites for hydroxylation is 2. The van der Waals surface area contributed by atoms with Gasteiger partial charge < -0.3 is 15.0 Å². The number of ether oxygens (including phenoxy) is 1. The molecule has 0 aliphatic rings. The van der Waals surface area contributed by atoms with Crippen molar-refractivity contribution in [2.45, 2.75) is 59.9 Å². The van der Waals surface area contributed by atoms with Crippen LogP contribution in [0.1, 0.15) is 48.9 Å². The van der Waals surface area contributed by atoms with Crippen molar-refractivity contribution < 1.29 is 14.3 Å². The minimum absolute atomic E-state index is 0.0872. The zero-order valence-electron chi connectivity index (χ0n) is 19.5. The molecule has 0 bridgehead atoms. The number of amides is 2. The van der Waals surface area contributed by atoms with E-state index in [1.165, 1.54) is 0 Å². The number of hydrogen-bond donors (Lipinski definition) is 1. The summed E-state index contributed by atoms with van der Waals surface area (Å²) in [7, 11) is 0. The molecule has 0 saturated carbocycles. The van der Waals surface area contributed by atoms with Gasteiger partial charge >= 0.3 is 0 Å². The molecule has 168 valence electrons. The van der Waals surface area contributed by atoms with Crippen molar-refractivity contribution in [3.8, 4) is 5.75 Å². The van der Waals surface area contributed by atoms with Crippen molar-refractivity contribution in [2.24, 2.45) is 0 Å². The lowest BCUT2D eigenvalue weighted by Gasteiger charge is -2.30. The van der Waals surface area contributed by atoms with Crippen LogP contribution < -0.4 is 10.1 Å². The minimum atomic E-state index is -0.508. The number of carbonyl (C=O) groups excluding carboxylic acids is 2. The van der Waals surface area contributed by atoms with Crippen molar-refractivity contribution in [1.82, 2.24) is 10.2 Å². The Morgan fingerprint density at radius 3 is 2.42 bits per heavy atom. The van der Waals surface area contributed by atoms with Gasteiger partial charge in [0.25, 0.3) is 5.91 Å². The molecule has 0 aromatic heterocycles. The quantitative estimate of drug-likeness (QED) is 0.583. The molecule has 0 spiro atoms. The molecule has 0 saturated heterocycles. The first-order valence-corrected chi connectivity index (χ1v) is 11.2. The lowest BCUT2D eigenvalue weighted by Crippen LogP contribution is -2.51. The summed E-state index contributed by atoms with van der Waals surface area (Å²) in [4.78, 5) is 27.7. The number of benzene rings is 2. The molecule has 2 amide bonds. The van der Waals surface area contributed by atoms with E-state index in [1.54, 1.807) is 4.90 Å². The summed E-state index contributed by atoms with van der Waals surface area (Å²) in [6, 6.07) is 13.6. The predicted molar refractivity (Wildman–Crippen MR) is 125 cm³/mol. The molecular formula is C26H36N2O3. The lowest BCUT2D eigenvalue weighted by atomic mass is 10.1. The van der Waals surface area contributed by atoms with E-state index >= 15 is 0 Å². The second kappa shape index (κ2) is 12.1. The summed E-state index contributed by atoms with van der Waals surface area (Å²) >= 11 is 0. The Kier molecular flexibility index (Phi) is 9.57. The predicted octanol–water partition coefficient (Wildman–Crippen LogP) is 4.37. The van der Waals surface area contributed by atoms with Gasteiger partial charge in [0.05, 0.1) is 0 Å². The SMILES string of the molecule is CCCNC(=O)[C@H](CC)N(CCc1ccccc1)C(=O)COc1cc(C)cc(C)c1C. The van der Waals surface area contributed by atoms with Crippen LogP contribution in [0.3, 0.4) is 0 Å². The van der Waals surface area contributed by atoms with Crippen molar-refractivity contribution in [3.63, 3.8) is 0 Å². The average Bonchev–Trinajstić information content (AvgIpc) is 2.76. The number of nitrogens with one attached hydrogen (secondary N) is 1. The molecule has 0 unspecified atom stereocenters. The third-order valence-electron chi connectivity index (χ3n) is 5.53. The Labute approximate surface area is 186 Å². The second-order valence-electron chi connectivity index (χ2n) is 8.03. The first-order valence-electron chi connectivity index (χ1n) is 11.2. The molecule has 1 atom stereocenters. The van der Waals surface area contributed by atoms with E-state index in [0.717, 1.165) is 34.4 Å². The molecule has 2 aromatic carbocycles. The maximum Gasteiger partial charge on any atom is 0.261 e. The Bertz CT molecular complexity index is 864. The number of nitrogens with zero attached hydrogens (tertiary/aromatic N) is 1. The van der Waals surface area contributed by atoms with Crippen LogP contribution in [0.15, 0.2) is 42.5 Å². The second-order valence-corrected chi connectivity index (χ2v) is 8.03. The molecule has 0 aliphatic heterocycles. The van der Waals surface area contributed by atoms with Crippen LogP contribution in [0.2, 0.25) is 0 Å². The van der Waals surface area contributed by atoms with Crippen LogP contribution in [-0.4, -0.2) is 42.5 Å². The molecule has 1 N–H and O–H groups in total. The van der Waals surface area contributed by atoms with E-state index < -0.39 is 6.04 Å². The van der Waals surface area contributed by atoms with E-state index in [4.69, 9.17) is 4.74 Å². The normalized spacial score (nSPS) is 11.6. The fourth-order valence-corrected chi connectivity index (χ4v) is 3.64. The molecule has 5 heteroatoms. The molecule has 0 radical (unpaired) electrons. The van der Waals surface area contributed by atoms with Gasteiger partial charge in [0.2, 0.25) is 5.91 Å². The van der Waals surface area contributed by atoms with Crippen LogP contribution in [0, 0.1) is 20.8 Å². The van der Waals surface area contributed by atoms with Gasteiger partial charge in [0.15, 0.2) is 6.61 Å². The fraction of sp³-hybridized carbons (Fsp3) is 0.462. The first kappa shape index (κ1) is 24.4. The van der Waals surface area contributed by atoms with Gasteiger partial charge in [-0.05, 0) is 68.4 Å². The third kappa shape index (κ3) is 7.12.